The van der Waals surface area contributed by atoms with Gasteiger partial charge in [0.25, 0.3) is 10.9 Å². The minimum atomic E-state index is -3.05. The molecule has 2 aromatic rings. The number of carbonyl (C=O) groups excluding carboxylic acids is 1. The molecule has 2 heterocycles. The SMILES string of the molecule is O=C(CSc1nnc(C2CCS(=O)(=O)C2)o1)Nc1cccc([N+](=O)[O-])c1. The molecular formula is C14H14N4O6S2. The number of hydrogen-bond acceptors (Lipinski definition) is 9. The van der Waals surface area contributed by atoms with Crippen LogP contribution >= 0.6 is 11.8 Å². The van der Waals surface area contributed by atoms with E-state index in [1.807, 2.05) is 0 Å². The highest BCUT2D eigenvalue weighted by Crippen LogP contribution is 2.29. The van der Waals surface area contributed by atoms with Crippen molar-refractivity contribution in [1.29, 1.82) is 0 Å². The first-order valence-electron chi connectivity index (χ1n) is 7.53. The molecule has 1 atom stereocenters. The molecule has 1 aromatic heterocycles. The molecule has 1 N–H and O–H groups in total. The second-order valence-corrected chi connectivity index (χ2v) is 8.81. The molecule has 1 aliphatic heterocycles. The Bertz CT molecular complexity index is 942. The van der Waals surface area contributed by atoms with Crippen LogP contribution in [0.3, 0.4) is 0 Å². The van der Waals surface area contributed by atoms with Crippen molar-refractivity contribution >= 4 is 38.9 Å². The number of carbonyl (C=O) groups is 1. The molecule has 0 spiro atoms. The fourth-order valence-electron chi connectivity index (χ4n) is 2.46. The fourth-order valence-corrected chi connectivity index (χ4v) is 4.76. The number of amides is 1. The van der Waals surface area contributed by atoms with Gasteiger partial charge in [0.15, 0.2) is 9.84 Å². The Hall–Kier alpha value is -2.47. The first-order chi connectivity index (χ1) is 12.3. The lowest BCUT2D eigenvalue weighted by Gasteiger charge is -2.03. The van der Waals surface area contributed by atoms with E-state index in [4.69, 9.17) is 4.42 Å². The van der Waals surface area contributed by atoms with Gasteiger partial charge in [-0.05, 0) is 12.5 Å². The number of hydrogen-bond donors (Lipinski definition) is 1. The van der Waals surface area contributed by atoms with Gasteiger partial charge >= 0.3 is 0 Å². The lowest BCUT2D eigenvalue weighted by atomic mass is 10.1. The number of nitro benzene ring substituents is 1. The first-order valence-corrected chi connectivity index (χ1v) is 10.3. The van der Waals surface area contributed by atoms with E-state index in [0.29, 0.717) is 12.1 Å². The molecule has 1 amide bonds. The zero-order valence-electron chi connectivity index (χ0n) is 13.3. The summed E-state index contributed by atoms with van der Waals surface area (Å²) in [7, 11) is -3.05. The van der Waals surface area contributed by atoms with Gasteiger partial charge in [0, 0.05) is 17.8 Å². The molecule has 0 saturated carbocycles. The van der Waals surface area contributed by atoms with Crippen molar-refractivity contribution in [2.45, 2.75) is 17.6 Å². The molecule has 3 rings (SSSR count). The van der Waals surface area contributed by atoms with Gasteiger partial charge in [-0.2, -0.15) is 0 Å². The highest BCUT2D eigenvalue weighted by molar-refractivity contribution is 7.99. The summed E-state index contributed by atoms with van der Waals surface area (Å²) in [6.07, 6.45) is 0.446. The Balaban J connectivity index is 1.54. The molecule has 1 aromatic carbocycles. The van der Waals surface area contributed by atoms with Gasteiger partial charge in [-0.15, -0.1) is 10.2 Å². The van der Waals surface area contributed by atoms with Crippen LogP contribution in [0.5, 0.6) is 0 Å². The van der Waals surface area contributed by atoms with E-state index < -0.39 is 20.7 Å². The molecule has 1 aliphatic rings. The fraction of sp³-hybridized carbons (Fsp3) is 0.357. The van der Waals surface area contributed by atoms with Crippen molar-refractivity contribution in [3.63, 3.8) is 0 Å². The first kappa shape index (κ1) is 18.3. The number of aromatic nitrogens is 2. The molecule has 10 nitrogen and oxygen atoms in total. The molecule has 1 unspecified atom stereocenters. The number of thioether (sulfide) groups is 1. The molecule has 0 aliphatic carbocycles. The van der Waals surface area contributed by atoms with Gasteiger partial charge in [0.05, 0.1) is 28.1 Å². The van der Waals surface area contributed by atoms with Crippen LogP contribution in [0.1, 0.15) is 18.2 Å². The third kappa shape index (κ3) is 4.58. The summed E-state index contributed by atoms with van der Waals surface area (Å²) in [5, 5.41) is 21.1. The van der Waals surface area contributed by atoms with Crippen LogP contribution in [0, 0.1) is 10.1 Å². The number of rotatable bonds is 6. The lowest BCUT2D eigenvalue weighted by Crippen LogP contribution is -2.14. The number of non-ortho nitro benzene ring substituents is 1. The Morgan fingerprint density at radius 2 is 2.23 bits per heavy atom. The largest absolute Gasteiger partial charge is 0.416 e. The van der Waals surface area contributed by atoms with Crippen molar-refractivity contribution in [3.05, 3.63) is 40.3 Å². The Labute approximate surface area is 152 Å². The van der Waals surface area contributed by atoms with Crippen LogP contribution < -0.4 is 5.32 Å². The summed E-state index contributed by atoms with van der Waals surface area (Å²) >= 11 is 1.00. The summed E-state index contributed by atoms with van der Waals surface area (Å²) in [5.41, 5.74) is 0.190. The van der Waals surface area contributed by atoms with E-state index in [-0.39, 0.29) is 40.0 Å². The van der Waals surface area contributed by atoms with Crippen molar-refractivity contribution in [1.82, 2.24) is 10.2 Å². The summed E-state index contributed by atoms with van der Waals surface area (Å²) in [4.78, 5) is 22.1. The van der Waals surface area contributed by atoms with Crippen LogP contribution in [0.4, 0.5) is 11.4 Å². The minimum Gasteiger partial charge on any atom is -0.416 e. The van der Waals surface area contributed by atoms with Crippen molar-refractivity contribution in [2.75, 3.05) is 22.6 Å². The maximum absolute atomic E-state index is 11.9. The number of anilines is 1. The highest BCUT2D eigenvalue weighted by Gasteiger charge is 2.32. The van der Waals surface area contributed by atoms with E-state index >= 15 is 0 Å². The third-order valence-corrected chi connectivity index (χ3v) is 6.26. The van der Waals surface area contributed by atoms with E-state index in [1.54, 1.807) is 6.07 Å². The van der Waals surface area contributed by atoms with E-state index in [9.17, 15) is 23.3 Å². The van der Waals surface area contributed by atoms with Crippen LogP contribution in [0.25, 0.3) is 0 Å². The van der Waals surface area contributed by atoms with Crippen molar-refractivity contribution < 1.29 is 22.6 Å². The second kappa shape index (κ2) is 7.41. The summed E-state index contributed by atoms with van der Waals surface area (Å²) in [5.74, 6) is -0.375. The standard InChI is InChI=1S/C14H14N4O6S2/c19-12(15-10-2-1-3-11(6-10)18(20)21)7-25-14-17-16-13(24-14)9-4-5-26(22,23)8-9/h1-3,6,9H,4-5,7-8H2,(H,15,19). The molecule has 12 heteroatoms. The Kier molecular flexibility index (Phi) is 5.23. The molecule has 1 saturated heterocycles. The van der Waals surface area contributed by atoms with Gasteiger partial charge in [0.1, 0.15) is 0 Å². The number of benzene rings is 1. The molecule has 1 fully saturated rings. The average Bonchev–Trinajstić information content (AvgIpc) is 3.19. The van der Waals surface area contributed by atoms with Crippen molar-refractivity contribution in [2.24, 2.45) is 0 Å². The maximum Gasteiger partial charge on any atom is 0.277 e. The third-order valence-electron chi connectivity index (χ3n) is 3.67. The predicted octanol–water partition coefficient (Wildman–Crippen LogP) is 1.61. The number of sulfone groups is 1. The van der Waals surface area contributed by atoms with Crippen LogP contribution in [0.15, 0.2) is 33.9 Å². The summed E-state index contributed by atoms with van der Waals surface area (Å²) < 4.78 is 28.4. The summed E-state index contributed by atoms with van der Waals surface area (Å²) in [6.45, 7) is 0. The monoisotopic (exact) mass is 398 g/mol. The van der Waals surface area contributed by atoms with Gasteiger partial charge in [-0.3, -0.25) is 14.9 Å². The molecule has 138 valence electrons. The highest BCUT2D eigenvalue weighted by atomic mass is 32.2. The maximum atomic E-state index is 11.9. The van der Waals surface area contributed by atoms with E-state index in [0.717, 1.165) is 11.8 Å². The quantitative estimate of drug-likeness (QED) is 0.435. The Morgan fingerprint density at radius 1 is 1.42 bits per heavy atom. The number of nitrogens with one attached hydrogen (secondary N) is 1. The molecule has 0 bridgehead atoms. The van der Waals surface area contributed by atoms with Crippen LogP contribution in [-0.2, 0) is 14.6 Å². The number of nitrogens with zero attached hydrogens (tertiary/aromatic N) is 3. The van der Waals surface area contributed by atoms with Crippen molar-refractivity contribution in [3.8, 4) is 0 Å². The molecular weight excluding hydrogens is 384 g/mol. The number of nitro groups is 1. The molecule has 0 radical (unpaired) electrons. The normalized spacial score (nSPS) is 18.5. The lowest BCUT2D eigenvalue weighted by molar-refractivity contribution is -0.384. The smallest absolute Gasteiger partial charge is 0.277 e. The predicted molar refractivity (Wildman–Crippen MR) is 92.8 cm³/mol. The Morgan fingerprint density at radius 3 is 2.92 bits per heavy atom. The van der Waals surface area contributed by atoms with Gasteiger partial charge in [-0.1, -0.05) is 17.8 Å². The van der Waals surface area contributed by atoms with E-state index in [2.05, 4.69) is 15.5 Å². The molecule has 26 heavy (non-hydrogen) atoms. The second-order valence-electron chi connectivity index (χ2n) is 5.65. The zero-order valence-corrected chi connectivity index (χ0v) is 15.0. The average molecular weight is 398 g/mol. The van der Waals surface area contributed by atoms with Gasteiger partial charge < -0.3 is 9.73 Å². The van der Waals surface area contributed by atoms with Gasteiger partial charge in [-0.25, -0.2) is 8.42 Å². The summed E-state index contributed by atoms with van der Waals surface area (Å²) in [6, 6.07) is 5.60. The van der Waals surface area contributed by atoms with Crippen LogP contribution in [-0.4, -0.2) is 46.7 Å². The minimum absolute atomic E-state index is 0.00737. The van der Waals surface area contributed by atoms with Gasteiger partial charge in [0.2, 0.25) is 11.8 Å². The van der Waals surface area contributed by atoms with Crippen LogP contribution in [0.2, 0.25) is 0 Å². The van der Waals surface area contributed by atoms with E-state index in [1.165, 1.54) is 18.2 Å². The zero-order chi connectivity index (χ0) is 18.7. The topological polar surface area (TPSA) is 145 Å².